The van der Waals surface area contributed by atoms with Crippen molar-refractivity contribution in [3.05, 3.63) is 58.5 Å². The molecule has 2 aromatic heterocycles. The lowest BCUT2D eigenvalue weighted by atomic mass is 9.89. The quantitative estimate of drug-likeness (QED) is 0.460. The Balaban J connectivity index is 1.07. The molecular weight excluding hydrogens is 506 g/mol. The average molecular weight is 546 g/mol. The number of fused-ring (bicyclic) bond motifs is 1. The van der Waals surface area contributed by atoms with Gasteiger partial charge in [-0.3, -0.25) is 9.48 Å². The van der Waals surface area contributed by atoms with E-state index >= 15 is 0 Å². The molecule has 3 aliphatic heterocycles. The zero-order chi connectivity index (χ0) is 27.6. The summed E-state index contributed by atoms with van der Waals surface area (Å²) >= 11 is 0. The van der Waals surface area contributed by atoms with Gasteiger partial charge in [-0.05, 0) is 63.1 Å². The maximum Gasteiger partial charge on any atom is 0.251 e. The van der Waals surface area contributed by atoms with E-state index in [0.717, 1.165) is 92.9 Å². The Hall–Kier alpha value is -3.66. The fourth-order valence-corrected chi connectivity index (χ4v) is 6.05. The van der Waals surface area contributed by atoms with Crippen LogP contribution in [0.25, 0.3) is 0 Å². The number of ether oxygens (including phenoxy) is 2. The molecule has 2 fully saturated rings. The summed E-state index contributed by atoms with van der Waals surface area (Å²) < 4.78 is 13.2. The highest BCUT2D eigenvalue weighted by molar-refractivity contribution is 5.94. The van der Waals surface area contributed by atoms with Crippen LogP contribution >= 0.6 is 0 Å². The van der Waals surface area contributed by atoms with E-state index in [4.69, 9.17) is 19.4 Å². The SMILES string of the molecule is Cc1nn(C)cc1C(C)NC(=O)c1ccc(C2CCN(c3nc4c(c(NC5CCOCC5)n3)OCC4)CC2)cc1. The molecule has 1 unspecified atom stereocenters. The number of benzene rings is 1. The van der Waals surface area contributed by atoms with E-state index in [9.17, 15) is 4.79 Å². The topological polar surface area (TPSA) is 106 Å². The molecule has 10 heteroatoms. The van der Waals surface area contributed by atoms with Gasteiger partial charge >= 0.3 is 0 Å². The predicted octanol–water partition coefficient (Wildman–Crippen LogP) is 3.92. The molecule has 40 heavy (non-hydrogen) atoms. The van der Waals surface area contributed by atoms with E-state index in [2.05, 4.69) is 32.8 Å². The van der Waals surface area contributed by atoms with Crippen molar-refractivity contribution in [3.8, 4) is 5.75 Å². The highest BCUT2D eigenvalue weighted by Crippen LogP contribution is 2.36. The summed E-state index contributed by atoms with van der Waals surface area (Å²) in [6.07, 6.45) is 6.77. The fraction of sp³-hybridized carbons (Fsp3) is 0.533. The minimum atomic E-state index is -0.106. The van der Waals surface area contributed by atoms with Crippen molar-refractivity contribution in [3.63, 3.8) is 0 Å². The van der Waals surface area contributed by atoms with Gasteiger partial charge in [0.1, 0.15) is 0 Å². The van der Waals surface area contributed by atoms with E-state index in [0.29, 0.717) is 24.1 Å². The molecule has 1 amide bonds. The number of rotatable bonds is 7. The van der Waals surface area contributed by atoms with Gasteiger partial charge in [-0.15, -0.1) is 0 Å². The predicted molar refractivity (Wildman–Crippen MR) is 153 cm³/mol. The molecule has 5 heterocycles. The zero-order valence-corrected chi connectivity index (χ0v) is 23.7. The van der Waals surface area contributed by atoms with Crippen LogP contribution in [0.2, 0.25) is 0 Å². The molecule has 3 aliphatic rings. The third-order valence-electron chi connectivity index (χ3n) is 8.36. The van der Waals surface area contributed by atoms with Gasteiger partial charge in [0.25, 0.3) is 5.91 Å². The minimum Gasteiger partial charge on any atom is -0.487 e. The van der Waals surface area contributed by atoms with E-state index in [1.54, 1.807) is 4.68 Å². The summed E-state index contributed by atoms with van der Waals surface area (Å²) in [5.41, 5.74) is 4.92. The first-order valence-electron chi connectivity index (χ1n) is 14.5. The first kappa shape index (κ1) is 26.6. The summed E-state index contributed by atoms with van der Waals surface area (Å²) in [7, 11) is 1.89. The maximum atomic E-state index is 12.9. The smallest absolute Gasteiger partial charge is 0.251 e. The van der Waals surface area contributed by atoms with E-state index in [-0.39, 0.29) is 11.9 Å². The molecule has 1 atom stereocenters. The van der Waals surface area contributed by atoms with Gasteiger partial charge in [0, 0.05) is 63.1 Å². The second-order valence-electron chi connectivity index (χ2n) is 11.2. The lowest BCUT2D eigenvalue weighted by Crippen LogP contribution is -2.35. The number of nitrogens with zero attached hydrogens (tertiary/aromatic N) is 5. The molecule has 0 aliphatic carbocycles. The van der Waals surface area contributed by atoms with E-state index in [1.165, 1.54) is 5.56 Å². The van der Waals surface area contributed by atoms with Crippen LogP contribution in [0, 0.1) is 6.92 Å². The summed E-state index contributed by atoms with van der Waals surface area (Å²) in [6.45, 7) is 7.96. The Morgan fingerprint density at radius 1 is 1.05 bits per heavy atom. The van der Waals surface area contributed by atoms with Crippen molar-refractivity contribution in [2.75, 3.05) is 43.1 Å². The zero-order valence-electron chi connectivity index (χ0n) is 23.7. The Kier molecular flexibility index (Phi) is 7.60. The van der Waals surface area contributed by atoms with Gasteiger partial charge in [0.05, 0.1) is 24.0 Å². The maximum absolute atomic E-state index is 12.9. The lowest BCUT2D eigenvalue weighted by molar-refractivity contribution is 0.0903. The molecule has 3 aromatic rings. The van der Waals surface area contributed by atoms with Crippen LogP contribution < -0.4 is 20.3 Å². The van der Waals surface area contributed by atoms with Crippen molar-refractivity contribution in [2.24, 2.45) is 7.05 Å². The average Bonchev–Trinajstić information content (AvgIpc) is 3.59. The minimum absolute atomic E-state index is 0.0694. The number of hydrogen-bond acceptors (Lipinski definition) is 8. The largest absolute Gasteiger partial charge is 0.487 e. The summed E-state index contributed by atoms with van der Waals surface area (Å²) in [4.78, 5) is 25.0. The molecule has 0 radical (unpaired) electrons. The number of piperidine rings is 1. The van der Waals surface area contributed by atoms with Crippen LogP contribution in [0.4, 0.5) is 11.8 Å². The van der Waals surface area contributed by atoms with Crippen LogP contribution in [-0.2, 0) is 18.2 Å². The second kappa shape index (κ2) is 11.4. The number of carbonyl (C=O) groups excluding carboxylic acids is 1. The molecule has 0 saturated carbocycles. The molecule has 2 N–H and O–H groups in total. The number of amides is 1. The molecule has 1 aromatic carbocycles. The monoisotopic (exact) mass is 545 g/mol. The third-order valence-corrected chi connectivity index (χ3v) is 8.36. The van der Waals surface area contributed by atoms with Gasteiger partial charge < -0.3 is 25.0 Å². The number of anilines is 2. The van der Waals surface area contributed by atoms with Crippen LogP contribution in [0.1, 0.15) is 77.4 Å². The highest BCUT2D eigenvalue weighted by atomic mass is 16.5. The summed E-state index contributed by atoms with van der Waals surface area (Å²) in [5.74, 6) is 2.82. The fourth-order valence-electron chi connectivity index (χ4n) is 6.05. The first-order chi connectivity index (χ1) is 19.4. The van der Waals surface area contributed by atoms with Crippen molar-refractivity contribution < 1.29 is 14.3 Å². The normalized spacial score (nSPS) is 18.7. The van der Waals surface area contributed by atoms with E-state index in [1.807, 2.05) is 39.2 Å². The van der Waals surface area contributed by atoms with Crippen LogP contribution in [-0.4, -0.2) is 64.6 Å². The Bertz CT molecular complexity index is 1340. The van der Waals surface area contributed by atoms with Crippen molar-refractivity contribution in [1.82, 2.24) is 25.1 Å². The Labute approximate surface area is 235 Å². The number of aromatic nitrogens is 4. The first-order valence-corrected chi connectivity index (χ1v) is 14.5. The summed E-state index contributed by atoms with van der Waals surface area (Å²) in [6, 6.07) is 8.34. The Morgan fingerprint density at radius 2 is 1.80 bits per heavy atom. The van der Waals surface area contributed by atoms with Crippen LogP contribution in [0.3, 0.4) is 0 Å². The molecular formula is C30H39N7O3. The number of nitrogens with one attached hydrogen (secondary N) is 2. The molecule has 2 saturated heterocycles. The molecule has 10 nitrogen and oxygen atoms in total. The second-order valence-corrected chi connectivity index (χ2v) is 11.2. The molecule has 0 bridgehead atoms. The number of hydrogen-bond donors (Lipinski definition) is 2. The van der Waals surface area contributed by atoms with Crippen molar-refractivity contribution in [2.45, 2.75) is 64.0 Å². The highest BCUT2D eigenvalue weighted by Gasteiger charge is 2.28. The van der Waals surface area contributed by atoms with Gasteiger partial charge in [0.2, 0.25) is 5.95 Å². The van der Waals surface area contributed by atoms with Gasteiger partial charge in [-0.25, -0.2) is 4.98 Å². The molecule has 0 spiro atoms. The third kappa shape index (κ3) is 5.63. The molecule has 212 valence electrons. The number of aryl methyl sites for hydroxylation is 2. The van der Waals surface area contributed by atoms with Gasteiger partial charge in [-0.1, -0.05) is 12.1 Å². The van der Waals surface area contributed by atoms with Gasteiger partial charge in [-0.2, -0.15) is 10.1 Å². The van der Waals surface area contributed by atoms with Crippen molar-refractivity contribution >= 4 is 17.7 Å². The number of carbonyl (C=O) groups is 1. The lowest BCUT2D eigenvalue weighted by Gasteiger charge is -2.33. The molecule has 6 rings (SSSR count). The standard InChI is InChI=1S/C30H39N7O3/c1-19(25-18-36(3)35-20(25)2)31-29(38)23-6-4-21(5-7-23)22-8-13-37(14-9-22)30-33-26-12-17-40-27(26)28(34-30)32-24-10-15-39-16-11-24/h4-7,18-19,22,24H,8-17H2,1-3H3,(H,31,38)(H,32,33,34). The van der Waals surface area contributed by atoms with Crippen LogP contribution in [0.15, 0.2) is 30.5 Å². The van der Waals surface area contributed by atoms with Crippen LogP contribution in [0.5, 0.6) is 5.75 Å². The van der Waals surface area contributed by atoms with Crippen molar-refractivity contribution in [1.29, 1.82) is 0 Å². The summed E-state index contributed by atoms with van der Waals surface area (Å²) in [5, 5.41) is 11.1. The Morgan fingerprint density at radius 3 is 2.50 bits per heavy atom. The van der Waals surface area contributed by atoms with E-state index < -0.39 is 0 Å². The van der Waals surface area contributed by atoms with Gasteiger partial charge in [0.15, 0.2) is 11.6 Å².